The van der Waals surface area contributed by atoms with Crippen molar-refractivity contribution >= 4 is 40.3 Å². The zero-order valence-corrected chi connectivity index (χ0v) is 18.3. The van der Waals surface area contributed by atoms with Crippen LogP contribution in [0, 0.1) is 0 Å². The van der Waals surface area contributed by atoms with Crippen LogP contribution in [0.2, 0.25) is 5.02 Å². The predicted molar refractivity (Wildman–Crippen MR) is 116 cm³/mol. The maximum atomic E-state index is 12.7. The van der Waals surface area contributed by atoms with Gasteiger partial charge in [0.05, 0.1) is 12.6 Å². The lowest BCUT2D eigenvalue weighted by Crippen LogP contribution is -2.55. The van der Waals surface area contributed by atoms with Crippen molar-refractivity contribution in [1.29, 1.82) is 0 Å². The number of urea groups is 1. The summed E-state index contributed by atoms with van der Waals surface area (Å²) in [6.45, 7) is 4.52. The number of benzene rings is 1. The highest BCUT2D eigenvalue weighted by Gasteiger charge is 2.30. The van der Waals surface area contributed by atoms with Gasteiger partial charge in [-0.15, -0.1) is 0 Å². The first kappa shape index (κ1) is 22.0. The van der Waals surface area contributed by atoms with Gasteiger partial charge < -0.3 is 25.4 Å². The molecule has 162 valence electrons. The lowest BCUT2D eigenvalue weighted by molar-refractivity contribution is -0.137. The highest BCUT2D eigenvalue weighted by Crippen LogP contribution is 2.20. The summed E-state index contributed by atoms with van der Waals surface area (Å²) in [5, 5.41) is 7.21. The molecule has 3 rings (SSSR count). The number of likely N-dealkylation sites (N-methyl/N-ethyl adjacent to an activating group) is 1. The van der Waals surface area contributed by atoms with E-state index < -0.39 is 6.04 Å². The van der Waals surface area contributed by atoms with E-state index in [0.717, 1.165) is 29.4 Å². The molecule has 0 saturated carbocycles. The third kappa shape index (κ3) is 5.24. The number of piperidine rings is 1. The summed E-state index contributed by atoms with van der Waals surface area (Å²) in [6, 6.07) is 6.72. The maximum Gasteiger partial charge on any atom is 0.317 e. The molecule has 8 nitrogen and oxygen atoms in total. The molecule has 0 bridgehead atoms. The summed E-state index contributed by atoms with van der Waals surface area (Å²) in [6.07, 6.45) is 1.64. The Hall–Kier alpha value is -2.74. The Bertz CT molecular complexity index is 944. The number of nitrogens with zero attached hydrogens (tertiary/aromatic N) is 2. The van der Waals surface area contributed by atoms with Gasteiger partial charge >= 0.3 is 6.03 Å². The van der Waals surface area contributed by atoms with Crippen LogP contribution in [0.4, 0.5) is 4.79 Å². The van der Waals surface area contributed by atoms with Gasteiger partial charge in [-0.3, -0.25) is 9.59 Å². The van der Waals surface area contributed by atoms with E-state index in [-0.39, 0.29) is 23.9 Å². The largest absolute Gasteiger partial charge is 0.357 e. The second kappa shape index (κ2) is 9.38. The molecule has 2 atom stereocenters. The summed E-state index contributed by atoms with van der Waals surface area (Å²) in [5.74, 6) is -0.361. The molecule has 0 radical (unpaired) electrons. The zero-order valence-electron chi connectivity index (χ0n) is 17.5. The molecule has 1 aromatic carbocycles. The Labute approximate surface area is 180 Å². The molecule has 1 aliphatic heterocycles. The topological polar surface area (TPSA) is 97.5 Å². The van der Waals surface area contributed by atoms with Gasteiger partial charge in [-0.2, -0.15) is 0 Å². The number of hydrogen-bond acceptors (Lipinski definition) is 3. The number of amides is 4. The van der Waals surface area contributed by atoms with Gasteiger partial charge in [0.15, 0.2) is 0 Å². The van der Waals surface area contributed by atoms with Gasteiger partial charge in [0.25, 0.3) is 0 Å². The SMILES string of the molecule is CC(=O)NC(C)C(=O)N1CCCC(N(C)C(=O)NCc2cc3cc(Cl)ccc3[nH]2)C1. The highest BCUT2D eigenvalue weighted by atomic mass is 35.5. The fourth-order valence-corrected chi connectivity index (χ4v) is 4.01. The smallest absolute Gasteiger partial charge is 0.317 e. The van der Waals surface area contributed by atoms with Crippen LogP contribution in [-0.2, 0) is 16.1 Å². The number of halogens is 1. The molecule has 30 heavy (non-hydrogen) atoms. The average molecular weight is 434 g/mol. The van der Waals surface area contributed by atoms with Crippen LogP contribution in [0.25, 0.3) is 10.9 Å². The minimum absolute atomic E-state index is 0.0752. The molecule has 2 heterocycles. The Morgan fingerprint density at radius 3 is 2.83 bits per heavy atom. The molecule has 2 unspecified atom stereocenters. The van der Waals surface area contributed by atoms with Crippen molar-refractivity contribution in [3.05, 3.63) is 35.0 Å². The number of hydrogen-bond donors (Lipinski definition) is 3. The number of carbonyl (C=O) groups is 3. The van der Waals surface area contributed by atoms with Crippen LogP contribution in [-0.4, -0.2) is 64.9 Å². The monoisotopic (exact) mass is 433 g/mol. The van der Waals surface area contributed by atoms with E-state index in [1.165, 1.54) is 6.92 Å². The molecule has 2 aromatic rings. The average Bonchev–Trinajstić information content (AvgIpc) is 3.12. The summed E-state index contributed by atoms with van der Waals surface area (Å²) in [4.78, 5) is 43.1. The van der Waals surface area contributed by atoms with Crippen LogP contribution in [0.1, 0.15) is 32.4 Å². The molecule has 4 amide bonds. The number of aromatic nitrogens is 1. The van der Waals surface area contributed by atoms with Gasteiger partial charge in [-0.05, 0) is 44.0 Å². The van der Waals surface area contributed by atoms with Crippen molar-refractivity contribution in [2.45, 2.75) is 45.3 Å². The van der Waals surface area contributed by atoms with Crippen LogP contribution in [0.3, 0.4) is 0 Å². The minimum atomic E-state index is -0.573. The van der Waals surface area contributed by atoms with E-state index in [0.29, 0.717) is 24.7 Å². The number of H-pyrrole nitrogens is 1. The third-order valence-corrected chi connectivity index (χ3v) is 5.67. The van der Waals surface area contributed by atoms with E-state index in [1.54, 1.807) is 23.8 Å². The van der Waals surface area contributed by atoms with Gasteiger partial charge in [0.2, 0.25) is 11.8 Å². The molecule has 1 fully saturated rings. The molecular weight excluding hydrogens is 406 g/mol. The normalized spacial score (nSPS) is 17.5. The number of nitrogens with one attached hydrogen (secondary N) is 3. The van der Waals surface area contributed by atoms with Crippen molar-refractivity contribution < 1.29 is 14.4 Å². The lowest BCUT2D eigenvalue weighted by Gasteiger charge is -2.38. The first-order chi connectivity index (χ1) is 14.2. The van der Waals surface area contributed by atoms with Gasteiger partial charge in [-0.25, -0.2) is 4.79 Å². The third-order valence-electron chi connectivity index (χ3n) is 5.44. The molecule has 9 heteroatoms. The standard InChI is InChI=1S/C21H28ClN5O3/c1-13(24-14(2)28)20(29)27-8-4-5-18(12-27)26(3)21(30)23-11-17-10-15-9-16(22)6-7-19(15)25-17/h6-7,9-10,13,18,25H,4-5,8,11-12H2,1-3H3,(H,23,30)(H,24,28). The first-order valence-corrected chi connectivity index (χ1v) is 10.5. The predicted octanol–water partition coefficient (Wildman–Crippen LogP) is 2.48. The zero-order chi connectivity index (χ0) is 21.8. The van der Waals surface area contributed by atoms with Crippen LogP contribution >= 0.6 is 11.6 Å². The minimum Gasteiger partial charge on any atom is -0.357 e. The number of aromatic amines is 1. The molecule has 0 aliphatic carbocycles. The summed E-state index contributed by atoms with van der Waals surface area (Å²) >= 11 is 6.02. The van der Waals surface area contributed by atoms with E-state index in [9.17, 15) is 14.4 Å². The van der Waals surface area contributed by atoms with Gasteiger partial charge in [-0.1, -0.05) is 11.6 Å². The van der Waals surface area contributed by atoms with E-state index in [4.69, 9.17) is 11.6 Å². The van der Waals surface area contributed by atoms with Crippen LogP contribution < -0.4 is 10.6 Å². The summed E-state index contributed by atoms with van der Waals surface area (Å²) in [7, 11) is 1.75. The first-order valence-electron chi connectivity index (χ1n) is 10.1. The number of likely N-dealkylation sites (tertiary alicyclic amines) is 1. The maximum absolute atomic E-state index is 12.7. The fourth-order valence-electron chi connectivity index (χ4n) is 3.83. The molecule has 1 saturated heterocycles. The van der Waals surface area contributed by atoms with Crippen molar-refractivity contribution in [2.75, 3.05) is 20.1 Å². The van der Waals surface area contributed by atoms with Crippen molar-refractivity contribution in [3.8, 4) is 0 Å². The van der Waals surface area contributed by atoms with Gasteiger partial charge in [0.1, 0.15) is 6.04 Å². The molecule has 1 aromatic heterocycles. The second-order valence-electron chi connectivity index (χ2n) is 7.80. The van der Waals surface area contributed by atoms with E-state index >= 15 is 0 Å². The second-order valence-corrected chi connectivity index (χ2v) is 8.23. The molecule has 3 N–H and O–H groups in total. The summed E-state index contributed by atoms with van der Waals surface area (Å²) < 4.78 is 0. The Kier molecular flexibility index (Phi) is 6.87. The van der Waals surface area contributed by atoms with Crippen molar-refractivity contribution in [1.82, 2.24) is 25.4 Å². The molecular formula is C21H28ClN5O3. The van der Waals surface area contributed by atoms with Gasteiger partial charge in [0, 0.05) is 48.7 Å². The van der Waals surface area contributed by atoms with E-state index in [1.807, 2.05) is 24.3 Å². The Balaban J connectivity index is 1.55. The van der Waals surface area contributed by atoms with Crippen molar-refractivity contribution in [3.63, 3.8) is 0 Å². The number of carbonyl (C=O) groups excluding carboxylic acids is 3. The number of fused-ring (bicyclic) bond motifs is 1. The molecule has 1 aliphatic rings. The summed E-state index contributed by atoms with van der Waals surface area (Å²) in [5.41, 5.74) is 1.85. The van der Waals surface area contributed by atoms with Crippen LogP contribution in [0.15, 0.2) is 24.3 Å². The Morgan fingerprint density at radius 1 is 1.33 bits per heavy atom. The molecule has 0 spiro atoms. The quantitative estimate of drug-likeness (QED) is 0.675. The highest BCUT2D eigenvalue weighted by molar-refractivity contribution is 6.31. The van der Waals surface area contributed by atoms with Crippen LogP contribution in [0.5, 0.6) is 0 Å². The van der Waals surface area contributed by atoms with E-state index in [2.05, 4.69) is 15.6 Å². The lowest BCUT2D eigenvalue weighted by atomic mass is 10.0. The Morgan fingerprint density at radius 2 is 2.10 bits per heavy atom. The van der Waals surface area contributed by atoms with Crippen molar-refractivity contribution in [2.24, 2.45) is 0 Å². The number of rotatable bonds is 5. The fraction of sp³-hybridized carbons (Fsp3) is 0.476.